The molecule has 0 aromatic rings. The molecule has 0 spiro atoms. The summed E-state index contributed by atoms with van der Waals surface area (Å²) < 4.78 is 0. The van der Waals surface area contributed by atoms with Gasteiger partial charge in [-0.3, -0.25) is 4.79 Å². The van der Waals surface area contributed by atoms with Crippen LogP contribution in [0.15, 0.2) is 0 Å². The average Bonchev–Trinajstić information content (AvgIpc) is 2.47. The Morgan fingerprint density at radius 3 is 2.53 bits per heavy atom. The van der Waals surface area contributed by atoms with Gasteiger partial charge in [-0.2, -0.15) is 0 Å². The van der Waals surface area contributed by atoms with Gasteiger partial charge in [-0.15, -0.1) is 0 Å². The second-order valence-electron chi connectivity index (χ2n) is 5.86. The van der Waals surface area contributed by atoms with Crippen LogP contribution in [-0.2, 0) is 4.79 Å². The van der Waals surface area contributed by atoms with Gasteiger partial charge in [0.15, 0.2) is 0 Å². The number of nitrogens with zero attached hydrogens (tertiary/aromatic N) is 2. The number of likely N-dealkylation sites (tertiary alicyclic amines) is 1. The topological polar surface area (TPSA) is 35.6 Å². The zero-order valence-corrected chi connectivity index (χ0v) is 11.9. The lowest BCUT2D eigenvalue weighted by atomic mass is 10.0. The van der Waals surface area contributed by atoms with Gasteiger partial charge in [-0.25, -0.2) is 0 Å². The highest BCUT2D eigenvalue weighted by Gasteiger charge is 2.30. The van der Waals surface area contributed by atoms with Crippen molar-refractivity contribution in [2.24, 2.45) is 5.92 Å². The van der Waals surface area contributed by atoms with E-state index in [1.165, 1.54) is 0 Å². The van der Waals surface area contributed by atoms with E-state index in [2.05, 4.69) is 38.2 Å². The molecule has 0 radical (unpaired) electrons. The van der Waals surface area contributed by atoms with Gasteiger partial charge in [0.2, 0.25) is 5.91 Å². The van der Waals surface area contributed by atoms with Crippen LogP contribution in [0.1, 0.15) is 26.7 Å². The zero-order chi connectivity index (χ0) is 13.0. The quantitative estimate of drug-likeness (QED) is 0.746. The molecule has 0 aromatic heterocycles. The largest absolute Gasteiger partial charge is 0.344 e. The summed E-state index contributed by atoms with van der Waals surface area (Å²) in [5, 5.41) is 3.53. The summed E-state index contributed by atoms with van der Waals surface area (Å²) in [6, 6.07) is 0.439. The maximum Gasteiger partial charge on any atom is 0.239 e. The van der Waals surface area contributed by atoms with Crippen molar-refractivity contribution in [1.82, 2.24) is 15.1 Å². The summed E-state index contributed by atoms with van der Waals surface area (Å²) >= 11 is 0. The van der Waals surface area contributed by atoms with Crippen molar-refractivity contribution in [3.8, 4) is 0 Å². The average molecular weight is 241 g/mol. The van der Waals surface area contributed by atoms with Gasteiger partial charge >= 0.3 is 0 Å². The van der Waals surface area contributed by atoms with E-state index in [1.807, 2.05) is 11.9 Å². The van der Waals surface area contributed by atoms with Crippen LogP contribution in [0.2, 0.25) is 0 Å². The molecule has 1 saturated heterocycles. The summed E-state index contributed by atoms with van der Waals surface area (Å²) in [7, 11) is 6.04. The molecule has 1 fully saturated rings. The molecule has 0 aromatic carbocycles. The fourth-order valence-corrected chi connectivity index (χ4v) is 2.47. The highest BCUT2D eigenvalue weighted by Crippen LogP contribution is 2.12. The maximum absolute atomic E-state index is 11.9. The number of hydrogen-bond acceptors (Lipinski definition) is 3. The Morgan fingerprint density at radius 1 is 1.47 bits per heavy atom. The summed E-state index contributed by atoms with van der Waals surface area (Å²) in [6.45, 7) is 6.33. The Bertz CT molecular complexity index is 243. The maximum atomic E-state index is 11.9. The van der Waals surface area contributed by atoms with Crippen LogP contribution in [-0.4, -0.2) is 62.0 Å². The number of likely N-dealkylation sites (N-methyl/N-ethyl adjacent to an activating group) is 2. The van der Waals surface area contributed by atoms with Crippen LogP contribution in [0.5, 0.6) is 0 Å². The van der Waals surface area contributed by atoms with Gasteiger partial charge in [0, 0.05) is 26.2 Å². The van der Waals surface area contributed by atoms with E-state index < -0.39 is 0 Å². The Labute approximate surface area is 105 Å². The number of hydrogen-bond donors (Lipinski definition) is 1. The normalized spacial score (nSPS) is 22.9. The van der Waals surface area contributed by atoms with Gasteiger partial charge in [-0.1, -0.05) is 13.8 Å². The van der Waals surface area contributed by atoms with Crippen molar-refractivity contribution in [2.75, 3.05) is 34.2 Å². The molecule has 1 aliphatic rings. The van der Waals surface area contributed by atoms with Crippen molar-refractivity contribution >= 4 is 5.91 Å². The smallest absolute Gasteiger partial charge is 0.239 e. The van der Waals surface area contributed by atoms with E-state index in [9.17, 15) is 4.79 Å². The van der Waals surface area contributed by atoms with Crippen LogP contribution in [0.3, 0.4) is 0 Å². The molecular formula is C13H27N3O. The minimum absolute atomic E-state index is 0.0312. The standard InChI is InChI=1S/C13H27N3O/c1-10(2)8-11(9-15(3)4)14-12-6-7-16(5)13(12)17/h10-12,14H,6-9H2,1-5H3. The first kappa shape index (κ1) is 14.5. The van der Waals surface area contributed by atoms with E-state index in [4.69, 9.17) is 0 Å². The van der Waals surface area contributed by atoms with Crippen LogP contribution < -0.4 is 5.32 Å². The summed E-state index contributed by atoms with van der Waals surface area (Å²) in [5.41, 5.74) is 0. The Kier molecular flexibility index (Phi) is 5.40. The van der Waals surface area contributed by atoms with Crippen molar-refractivity contribution in [3.05, 3.63) is 0 Å². The van der Waals surface area contributed by atoms with Crippen molar-refractivity contribution in [1.29, 1.82) is 0 Å². The van der Waals surface area contributed by atoms with Gasteiger partial charge in [0.1, 0.15) is 0 Å². The first-order chi connectivity index (χ1) is 7.90. The Hall–Kier alpha value is -0.610. The molecule has 1 N–H and O–H groups in total. The summed E-state index contributed by atoms with van der Waals surface area (Å²) in [4.78, 5) is 15.9. The SMILES string of the molecule is CC(C)CC(CN(C)C)NC1CCN(C)C1=O. The molecule has 4 nitrogen and oxygen atoms in total. The highest BCUT2D eigenvalue weighted by molar-refractivity contribution is 5.83. The lowest BCUT2D eigenvalue weighted by Gasteiger charge is -2.26. The fourth-order valence-electron chi connectivity index (χ4n) is 2.47. The number of carbonyl (C=O) groups is 1. The van der Waals surface area contributed by atoms with Crippen LogP contribution >= 0.6 is 0 Å². The number of carbonyl (C=O) groups excluding carboxylic acids is 1. The summed E-state index contributed by atoms with van der Waals surface area (Å²) in [5.74, 6) is 0.902. The van der Waals surface area contributed by atoms with Gasteiger partial charge < -0.3 is 15.1 Å². The molecule has 2 atom stereocenters. The zero-order valence-electron chi connectivity index (χ0n) is 11.9. The molecular weight excluding hydrogens is 214 g/mol. The molecule has 0 bridgehead atoms. The molecule has 2 unspecified atom stereocenters. The van der Waals surface area contributed by atoms with Crippen LogP contribution in [0.25, 0.3) is 0 Å². The molecule has 0 saturated carbocycles. The molecule has 0 aliphatic carbocycles. The van der Waals surface area contributed by atoms with E-state index in [1.54, 1.807) is 0 Å². The third-order valence-corrected chi connectivity index (χ3v) is 3.21. The second kappa shape index (κ2) is 6.36. The monoisotopic (exact) mass is 241 g/mol. The lowest BCUT2D eigenvalue weighted by molar-refractivity contribution is -0.128. The second-order valence-corrected chi connectivity index (χ2v) is 5.86. The van der Waals surface area contributed by atoms with Gasteiger partial charge in [-0.05, 0) is 32.9 Å². The summed E-state index contributed by atoms with van der Waals surface area (Å²) in [6.07, 6.45) is 2.06. The minimum atomic E-state index is 0.0312. The van der Waals surface area contributed by atoms with Crippen LogP contribution in [0.4, 0.5) is 0 Å². The highest BCUT2D eigenvalue weighted by atomic mass is 16.2. The Balaban J connectivity index is 2.50. The van der Waals surface area contributed by atoms with Gasteiger partial charge in [0.05, 0.1) is 6.04 Å². The van der Waals surface area contributed by atoms with E-state index in [0.29, 0.717) is 12.0 Å². The third kappa shape index (κ3) is 4.64. The molecule has 1 heterocycles. The number of rotatable bonds is 6. The molecule has 4 heteroatoms. The van der Waals surface area contributed by atoms with Crippen LogP contribution in [0, 0.1) is 5.92 Å². The first-order valence-corrected chi connectivity index (χ1v) is 6.56. The first-order valence-electron chi connectivity index (χ1n) is 6.56. The molecule has 100 valence electrons. The van der Waals surface area contributed by atoms with Crippen molar-refractivity contribution < 1.29 is 4.79 Å². The third-order valence-electron chi connectivity index (χ3n) is 3.21. The van der Waals surface area contributed by atoms with Crippen molar-refractivity contribution in [3.63, 3.8) is 0 Å². The van der Waals surface area contributed by atoms with E-state index in [-0.39, 0.29) is 11.9 Å². The number of amides is 1. The van der Waals surface area contributed by atoms with Crippen molar-refractivity contribution in [2.45, 2.75) is 38.8 Å². The molecule has 1 rings (SSSR count). The predicted octanol–water partition coefficient (Wildman–Crippen LogP) is 0.783. The van der Waals surface area contributed by atoms with Gasteiger partial charge in [0.25, 0.3) is 0 Å². The fraction of sp³-hybridized carbons (Fsp3) is 0.923. The Morgan fingerprint density at radius 2 is 2.12 bits per heavy atom. The van der Waals surface area contributed by atoms with E-state index >= 15 is 0 Å². The predicted molar refractivity (Wildman–Crippen MR) is 71.0 cm³/mol. The van der Waals surface area contributed by atoms with E-state index in [0.717, 1.165) is 25.9 Å². The number of nitrogens with one attached hydrogen (secondary N) is 1. The molecule has 17 heavy (non-hydrogen) atoms. The lowest BCUT2D eigenvalue weighted by Crippen LogP contribution is -2.47. The minimum Gasteiger partial charge on any atom is -0.344 e. The molecule has 1 aliphatic heterocycles. The molecule has 1 amide bonds.